The third kappa shape index (κ3) is 3.78. The Kier molecular flexibility index (Phi) is 5.70. The van der Waals surface area contributed by atoms with Gasteiger partial charge in [0, 0.05) is 11.4 Å². The molecular formula is C20H23NO5S. The summed E-state index contributed by atoms with van der Waals surface area (Å²) in [5.74, 6) is -0.152. The summed E-state index contributed by atoms with van der Waals surface area (Å²) in [6.07, 6.45) is 0.500. The number of nitrogens with zero attached hydrogens (tertiary/aromatic N) is 1. The molecule has 1 aliphatic heterocycles. The Balaban J connectivity index is 1.99. The van der Waals surface area contributed by atoms with Gasteiger partial charge >= 0.3 is 5.97 Å². The highest BCUT2D eigenvalue weighted by molar-refractivity contribution is 7.10. The molecule has 7 heteroatoms. The molecule has 1 aliphatic rings. The van der Waals surface area contributed by atoms with Crippen LogP contribution in [0.25, 0.3) is 0 Å². The first-order chi connectivity index (χ1) is 13.0. The van der Waals surface area contributed by atoms with Gasteiger partial charge in [-0.25, -0.2) is 0 Å². The van der Waals surface area contributed by atoms with Gasteiger partial charge in [0.05, 0.1) is 32.6 Å². The van der Waals surface area contributed by atoms with Crippen LogP contribution in [-0.2, 0) is 16.0 Å². The zero-order valence-corrected chi connectivity index (χ0v) is 16.4. The second-order valence-corrected chi connectivity index (χ2v) is 7.52. The molecule has 0 fully saturated rings. The minimum Gasteiger partial charge on any atom is -0.493 e. The molecule has 144 valence electrons. The molecule has 0 bridgehead atoms. The number of carboxylic acid groups (broad SMARTS) is 1. The highest BCUT2D eigenvalue weighted by Gasteiger charge is 2.35. The number of hydrogen-bond donors (Lipinski definition) is 1. The molecule has 27 heavy (non-hydrogen) atoms. The molecule has 0 spiro atoms. The van der Waals surface area contributed by atoms with Crippen molar-refractivity contribution in [3.8, 4) is 11.5 Å². The van der Waals surface area contributed by atoms with Crippen LogP contribution in [0.2, 0.25) is 0 Å². The van der Waals surface area contributed by atoms with Crippen LogP contribution in [0.3, 0.4) is 0 Å². The van der Waals surface area contributed by atoms with Gasteiger partial charge in [-0.1, -0.05) is 6.07 Å². The molecule has 2 heterocycles. The topological polar surface area (TPSA) is 76.1 Å². The second kappa shape index (κ2) is 8.00. The summed E-state index contributed by atoms with van der Waals surface area (Å²) in [6.45, 7) is 2.35. The maximum Gasteiger partial charge on any atom is 0.305 e. The number of fused-ring (bicyclic) bond motifs is 1. The summed E-state index contributed by atoms with van der Waals surface area (Å²) in [5.41, 5.74) is 1.81. The molecule has 6 nitrogen and oxygen atoms in total. The van der Waals surface area contributed by atoms with Crippen LogP contribution in [0.5, 0.6) is 11.5 Å². The number of thiophene rings is 1. The molecular weight excluding hydrogens is 366 g/mol. The fraction of sp³-hybridized carbons (Fsp3) is 0.400. The molecule has 0 saturated heterocycles. The molecule has 1 aromatic heterocycles. The Morgan fingerprint density at radius 1 is 1.30 bits per heavy atom. The molecule has 1 N–H and O–H groups in total. The van der Waals surface area contributed by atoms with E-state index in [2.05, 4.69) is 0 Å². The van der Waals surface area contributed by atoms with E-state index in [4.69, 9.17) is 9.47 Å². The van der Waals surface area contributed by atoms with Crippen molar-refractivity contribution in [1.29, 1.82) is 0 Å². The van der Waals surface area contributed by atoms with Crippen molar-refractivity contribution in [2.24, 2.45) is 0 Å². The quantitative estimate of drug-likeness (QED) is 0.819. The first-order valence-corrected chi connectivity index (χ1v) is 9.64. The van der Waals surface area contributed by atoms with Crippen molar-refractivity contribution >= 4 is 23.2 Å². The van der Waals surface area contributed by atoms with Crippen molar-refractivity contribution in [2.75, 3.05) is 20.8 Å². The number of ether oxygens (including phenoxy) is 2. The van der Waals surface area contributed by atoms with E-state index >= 15 is 0 Å². The average molecular weight is 389 g/mol. The summed E-state index contributed by atoms with van der Waals surface area (Å²) in [5, 5.41) is 11.4. The second-order valence-electron chi connectivity index (χ2n) is 6.54. The van der Waals surface area contributed by atoms with Crippen molar-refractivity contribution in [3.63, 3.8) is 0 Å². The van der Waals surface area contributed by atoms with E-state index in [0.717, 1.165) is 16.0 Å². The first kappa shape index (κ1) is 19.2. The predicted molar refractivity (Wildman–Crippen MR) is 103 cm³/mol. The number of benzene rings is 1. The van der Waals surface area contributed by atoms with Gasteiger partial charge in [-0.05, 0) is 48.1 Å². The summed E-state index contributed by atoms with van der Waals surface area (Å²) in [6, 6.07) is 7.01. The highest BCUT2D eigenvalue weighted by Crippen LogP contribution is 2.40. The van der Waals surface area contributed by atoms with Crippen LogP contribution >= 0.6 is 11.3 Å². The van der Waals surface area contributed by atoms with E-state index in [1.807, 2.05) is 30.5 Å². The molecule has 2 aromatic rings. The van der Waals surface area contributed by atoms with Crippen molar-refractivity contribution in [2.45, 2.75) is 31.7 Å². The third-order valence-corrected chi connectivity index (χ3v) is 6.05. The zero-order chi connectivity index (χ0) is 19.6. The van der Waals surface area contributed by atoms with Crippen molar-refractivity contribution < 1.29 is 24.2 Å². The van der Waals surface area contributed by atoms with Crippen LogP contribution in [-0.4, -0.2) is 42.6 Å². The van der Waals surface area contributed by atoms with Gasteiger partial charge in [0.15, 0.2) is 11.5 Å². The summed E-state index contributed by atoms with van der Waals surface area (Å²) < 4.78 is 10.7. The van der Waals surface area contributed by atoms with Crippen molar-refractivity contribution in [3.05, 3.63) is 45.6 Å². The lowest BCUT2D eigenvalue weighted by molar-refractivity contribution is -0.141. The lowest BCUT2D eigenvalue weighted by Crippen LogP contribution is -2.42. The standard InChI is InChI=1S/C20H23NO5S/c1-12(18-5-4-8-27-18)20(24)21-7-6-13-9-16(25-2)17(26-3)10-14(13)15(21)11-19(22)23/h4-5,8-10,12,15H,6-7,11H2,1-3H3,(H,22,23). The lowest BCUT2D eigenvalue weighted by Gasteiger charge is -2.38. The van der Waals surface area contributed by atoms with Gasteiger partial charge in [0.2, 0.25) is 5.91 Å². The molecule has 2 atom stereocenters. The predicted octanol–water partition coefficient (Wildman–Crippen LogP) is 3.47. The van der Waals surface area contributed by atoms with Gasteiger partial charge in [-0.15, -0.1) is 11.3 Å². The fourth-order valence-corrected chi connectivity index (χ4v) is 4.36. The van der Waals surface area contributed by atoms with E-state index in [-0.39, 0.29) is 18.2 Å². The number of carbonyl (C=O) groups is 2. The Morgan fingerprint density at radius 2 is 2.00 bits per heavy atom. The maximum absolute atomic E-state index is 13.2. The SMILES string of the molecule is COc1cc2c(cc1OC)C(CC(=O)O)N(C(=O)C(C)c1cccs1)CC2. The average Bonchev–Trinajstić information content (AvgIpc) is 3.20. The number of carbonyl (C=O) groups excluding carboxylic acids is 1. The highest BCUT2D eigenvalue weighted by atomic mass is 32.1. The van der Waals surface area contributed by atoms with Crippen LogP contribution in [0.4, 0.5) is 0 Å². The van der Waals surface area contributed by atoms with Gasteiger partial charge in [-0.3, -0.25) is 9.59 Å². The van der Waals surface area contributed by atoms with Crippen LogP contribution in [0.1, 0.15) is 41.3 Å². The number of methoxy groups -OCH3 is 2. The first-order valence-electron chi connectivity index (χ1n) is 8.76. The smallest absolute Gasteiger partial charge is 0.305 e. The fourth-order valence-electron chi connectivity index (χ4n) is 3.59. The molecule has 2 unspecified atom stereocenters. The van der Waals surface area contributed by atoms with Crippen LogP contribution in [0.15, 0.2) is 29.6 Å². The third-order valence-electron chi connectivity index (χ3n) is 4.99. The molecule has 0 saturated carbocycles. The molecule has 1 amide bonds. The van der Waals surface area contributed by atoms with Crippen molar-refractivity contribution in [1.82, 2.24) is 4.90 Å². The molecule has 3 rings (SSSR count). The van der Waals surface area contributed by atoms with E-state index in [0.29, 0.717) is 24.5 Å². The molecule has 1 aromatic carbocycles. The van der Waals surface area contributed by atoms with E-state index in [1.54, 1.807) is 25.2 Å². The minimum atomic E-state index is -0.941. The Hall–Kier alpha value is -2.54. The number of hydrogen-bond acceptors (Lipinski definition) is 5. The van der Waals surface area contributed by atoms with Gasteiger partial charge in [0.25, 0.3) is 0 Å². The molecule has 0 radical (unpaired) electrons. The monoisotopic (exact) mass is 389 g/mol. The minimum absolute atomic E-state index is 0.0517. The normalized spacial score (nSPS) is 17.1. The molecule has 0 aliphatic carbocycles. The largest absolute Gasteiger partial charge is 0.493 e. The van der Waals surface area contributed by atoms with E-state index in [9.17, 15) is 14.7 Å². The number of carboxylic acids is 1. The van der Waals surface area contributed by atoms with Gasteiger partial charge in [-0.2, -0.15) is 0 Å². The number of rotatable bonds is 6. The Bertz CT molecular complexity index is 833. The van der Waals surface area contributed by atoms with E-state index < -0.39 is 12.0 Å². The lowest BCUT2D eigenvalue weighted by atomic mass is 9.89. The summed E-state index contributed by atoms with van der Waals surface area (Å²) in [7, 11) is 3.11. The van der Waals surface area contributed by atoms with Crippen LogP contribution < -0.4 is 9.47 Å². The number of aliphatic carboxylic acids is 1. The summed E-state index contributed by atoms with van der Waals surface area (Å²) >= 11 is 1.53. The zero-order valence-electron chi connectivity index (χ0n) is 15.6. The summed E-state index contributed by atoms with van der Waals surface area (Å²) in [4.78, 5) is 27.4. The van der Waals surface area contributed by atoms with Crippen LogP contribution in [0, 0.1) is 0 Å². The maximum atomic E-state index is 13.2. The van der Waals surface area contributed by atoms with Gasteiger partial charge < -0.3 is 19.5 Å². The van der Waals surface area contributed by atoms with E-state index in [1.165, 1.54) is 11.3 Å². The Morgan fingerprint density at radius 3 is 2.59 bits per heavy atom. The van der Waals surface area contributed by atoms with Gasteiger partial charge in [0.1, 0.15) is 0 Å². The number of amides is 1. The Labute approximate surface area is 162 Å².